The van der Waals surface area contributed by atoms with Gasteiger partial charge >= 0.3 is 23.9 Å². The minimum Gasteiger partial charge on any atom is -0.485 e. The molecule has 20 nitrogen and oxygen atoms in total. The Kier molecular flexibility index (Phi) is 24.7. The van der Waals surface area contributed by atoms with Crippen molar-refractivity contribution in [2.24, 2.45) is 16.2 Å². The van der Waals surface area contributed by atoms with Gasteiger partial charge in [-0.2, -0.15) is 0 Å². The summed E-state index contributed by atoms with van der Waals surface area (Å²) in [4.78, 5) is 43.4. The molecule has 0 aliphatic rings. The van der Waals surface area contributed by atoms with Gasteiger partial charge in [0.25, 0.3) is 0 Å². The number of carbonyl (C=O) groups is 4. The number of carboxylic acids is 4. The van der Waals surface area contributed by atoms with E-state index in [1.54, 1.807) is 0 Å². The number of ether oxygens (including phenoxy) is 1. The summed E-state index contributed by atoms with van der Waals surface area (Å²) in [5, 5.41) is 133. The Labute approximate surface area is 267 Å². The van der Waals surface area contributed by atoms with E-state index >= 15 is 0 Å². The van der Waals surface area contributed by atoms with Crippen LogP contribution in [0.15, 0.2) is 48.8 Å². The molecule has 0 aromatic carbocycles. The average molecular weight is 689 g/mol. The summed E-state index contributed by atoms with van der Waals surface area (Å²) in [6, 6.07) is 0. The molecule has 47 heavy (non-hydrogen) atoms. The molecule has 0 rings (SSSR count). The molecular weight excluding hydrogens is 644 g/mol. The van der Waals surface area contributed by atoms with Crippen LogP contribution in [0.4, 0.5) is 0 Å². The molecular formula is C27H44O20. The number of aliphatic carboxylic acids is 4. The Morgan fingerprint density at radius 3 is 1.00 bits per heavy atom. The van der Waals surface area contributed by atoms with Crippen molar-refractivity contribution in [2.75, 3.05) is 66.1 Å². The van der Waals surface area contributed by atoms with Crippen molar-refractivity contribution >= 4 is 23.9 Å². The summed E-state index contributed by atoms with van der Waals surface area (Å²) in [6.07, 6.45) is 2.22. The standard InChI is InChI=1S/C17H20O12.2C5H12O4/c18-9-16(10-19,11(20)1-2-12(21)22)17(6-3-13(23)24,7-4-14(25)26)29-8-5-15(27)28;2*6-1-5(2-7,3-8)4-9/h1-8,11,18-20H,9-10H2,(H,21,22)(H,23,24)(H,25,26)(H,27,28);2*6-9H,1-4H2. The molecule has 0 aliphatic heterocycles. The summed E-state index contributed by atoms with van der Waals surface area (Å²) in [7, 11) is 0. The molecule has 0 radical (unpaired) electrons. The van der Waals surface area contributed by atoms with Crippen molar-refractivity contribution in [2.45, 2.75) is 11.7 Å². The molecule has 20 heteroatoms. The molecule has 0 fully saturated rings. The van der Waals surface area contributed by atoms with Gasteiger partial charge in [-0.05, 0) is 18.2 Å². The lowest BCUT2D eigenvalue weighted by molar-refractivity contribution is -0.138. The van der Waals surface area contributed by atoms with Crippen LogP contribution in [0.1, 0.15) is 0 Å². The van der Waals surface area contributed by atoms with Crippen molar-refractivity contribution in [1.82, 2.24) is 0 Å². The normalized spacial score (nSPS) is 14.3. The fourth-order valence-electron chi connectivity index (χ4n) is 2.85. The largest absolute Gasteiger partial charge is 0.485 e. The van der Waals surface area contributed by atoms with Crippen LogP contribution in [0.2, 0.25) is 0 Å². The van der Waals surface area contributed by atoms with Crippen LogP contribution >= 0.6 is 0 Å². The maximum atomic E-state index is 11.0. The highest BCUT2D eigenvalue weighted by molar-refractivity contribution is 5.82. The van der Waals surface area contributed by atoms with E-state index in [2.05, 4.69) is 0 Å². The number of hydrogen-bond acceptors (Lipinski definition) is 16. The predicted octanol–water partition coefficient (Wildman–Crippen LogP) is -5.52. The van der Waals surface area contributed by atoms with Crippen molar-refractivity contribution in [3.05, 3.63) is 48.8 Å². The van der Waals surface area contributed by atoms with Crippen LogP contribution in [0, 0.1) is 16.2 Å². The minimum atomic E-state index is -2.44. The third kappa shape index (κ3) is 16.0. The molecule has 1 atom stereocenters. The SMILES string of the molecule is O=C(O)C=COC(C=CC(=O)O)(C=CC(=O)O)C(CO)(CO)C(O)C=CC(=O)O.OCC(CO)(CO)CO.OCC(CO)(CO)CO. The molecule has 0 saturated carbocycles. The van der Waals surface area contributed by atoms with Crippen LogP contribution in [-0.2, 0) is 23.9 Å². The second-order valence-corrected chi connectivity index (χ2v) is 9.77. The molecule has 0 amide bonds. The predicted molar refractivity (Wildman–Crippen MR) is 155 cm³/mol. The second kappa shape index (κ2) is 24.4. The second-order valence-electron chi connectivity index (χ2n) is 9.77. The van der Waals surface area contributed by atoms with Crippen LogP contribution in [-0.4, -0.2) is 178 Å². The summed E-state index contributed by atoms with van der Waals surface area (Å²) in [5.41, 5.74) is -7.01. The molecule has 272 valence electrons. The van der Waals surface area contributed by atoms with Crippen LogP contribution in [0.5, 0.6) is 0 Å². The van der Waals surface area contributed by atoms with Gasteiger partial charge in [-0.25, -0.2) is 19.2 Å². The summed E-state index contributed by atoms with van der Waals surface area (Å²) < 4.78 is 5.19. The van der Waals surface area contributed by atoms with Crippen molar-refractivity contribution in [3.8, 4) is 0 Å². The molecule has 15 N–H and O–H groups in total. The summed E-state index contributed by atoms with van der Waals surface area (Å²) in [5.74, 6) is -6.14. The number of aliphatic hydroxyl groups excluding tert-OH is 11. The summed E-state index contributed by atoms with van der Waals surface area (Å²) >= 11 is 0. The van der Waals surface area contributed by atoms with Crippen molar-refractivity contribution < 1.29 is 101 Å². The highest BCUT2D eigenvalue weighted by Gasteiger charge is 2.54. The van der Waals surface area contributed by atoms with Gasteiger partial charge in [0.05, 0.1) is 101 Å². The van der Waals surface area contributed by atoms with Gasteiger partial charge in [0, 0.05) is 18.2 Å². The number of hydrogen-bond donors (Lipinski definition) is 15. The fourth-order valence-corrected chi connectivity index (χ4v) is 2.85. The van der Waals surface area contributed by atoms with Gasteiger partial charge in [0.1, 0.15) is 0 Å². The molecule has 0 bridgehead atoms. The van der Waals surface area contributed by atoms with E-state index in [0.717, 1.165) is 0 Å². The molecule has 0 saturated heterocycles. The third-order valence-electron chi connectivity index (χ3n) is 6.43. The molecule has 0 aromatic rings. The zero-order valence-electron chi connectivity index (χ0n) is 25.0. The van der Waals surface area contributed by atoms with E-state index in [4.69, 9.17) is 66.0 Å². The lowest BCUT2D eigenvalue weighted by atomic mass is 9.67. The van der Waals surface area contributed by atoms with Crippen LogP contribution < -0.4 is 0 Å². The van der Waals surface area contributed by atoms with Gasteiger partial charge in [-0.3, -0.25) is 0 Å². The van der Waals surface area contributed by atoms with Crippen LogP contribution in [0.3, 0.4) is 0 Å². The van der Waals surface area contributed by atoms with Crippen molar-refractivity contribution in [3.63, 3.8) is 0 Å². The highest BCUT2D eigenvalue weighted by atomic mass is 16.5. The van der Waals surface area contributed by atoms with Gasteiger partial charge in [-0.15, -0.1) is 0 Å². The number of aliphatic hydroxyl groups is 11. The maximum Gasteiger partial charge on any atom is 0.331 e. The van der Waals surface area contributed by atoms with Gasteiger partial charge in [-0.1, -0.05) is 0 Å². The molecule has 0 spiro atoms. The van der Waals surface area contributed by atoms with E-state index in [1.165, 1.54) is 0 Å². The Morgan fingerprint density at radius 1 is 0.489 bits per heavy atom. The van der Waals surface area contributed by atoms with Crippen molar-refractivity contribution in [1.29, 1.82) is 0 Å². The smallest absolute Gasteiger partial charge is 0.331 e. The molecule has 1 unspecified atom stereocenters. The Bertz CT molecular complexity index is 958. The maximum absolute atomic E-state index is 11.0. The zero-order chi connectivity index (χ0) is 37.3. The van der Waals surface area contributed by atoms with E-state index in [9.17, 15) is 34.5 Å². The topological polar surface area (TPSA) is 381 Å². The zero-order valence-corrected chi connectivity index (χ0v) is 25.0. The van der Waals surface area contributed by atoms with E-state index in [1.807, 2.05) is 0 Å². The highest BCUT2D eigenvalue weighted by Crippen LogP contribution is 2.41. The Morgan fingerprint density at radius 2 is 0.787 bits per heavy atom. The fraction of sp³-hybridized carbons (Fsp3) is 0.556. The Hall–Kier alpha value is -3.80. The third-order valence-corrected chi connectivity index (χ3v) is 6.43. The lowest BCUT2D eigenvalue weighted by Gasteiger charge is -2.46. The van der Waals surface area contributed by atoms with E-state index in [0.29, 0.717) is 48.8 Å². The monoisotopic (exact) mass is 688 g/mol. The van der Waals surface area contributed by atoms with Gasteiger partial charge in [0.2, 0.25) is 0 Å². The average Bonchev–Trinajstić information content (AvgIpc) is 3.05. The molecule has 0 heterocycles. The quantitative estimate of drug-likeness (QED) is 0.0395. The molecule has 0 aliphatic carbocycles. The first-order chi connectivity index (χ1) is 21.9. The first-order valence-electron chi connectivity index (χ1n) is 13.0. The number of carboxylic acid groups (broad SMARTS) is 4. The summed E-state index contributed by atoms with van der Waals surface area (Å²) in [6.45, 7) is -5.60. The minimum absolute atomic E-state index is 0.406. The molecule has 0 aromatic heterocycles. The van der Waals surface area contributed by atoms with E-state index < -0.39 is 118 Å². The van der Waals surface area contributed by atoms with E-state index in [-0.39, 0.29) is 0 Å². The first kappa shape index (κ1) is 47.6. The van der Waals surface area contributed by atoms with Gasteiger partial charge < -0.3 is 81.3 Å². The Balaban J connectivity index is -0.000000870. The van der Waals surface area contributed by atoms with Crippen LogP contribution in [0.25, 0.3) is 0 Å². The van der Waals surface area contributed by atoms with Gasteiger partial charge in [0.15, 0.2) is 5.60 Å². The first-order valence-corrected chi connectivity index (χ1v) is 13.0. The lowest BCUT2D eigenvalue weighted by Crippen LogP contribution is -2.58. The number of rotatable bonds is 21.